The monoisotopic (exact) mass is 380 g/mol. The van der Waals surface area contributed by atoms with Gasteiger partial charge in [-0.15, -0.1) is 0 Å². The predicted molar refractivity (Wildman–Crippen MR) is 116 cm³/mol. The molecule has 1 atom stereocenters. The summed E-state index contributed by atoms with van der Waals surface area (Å²) in [4.78, 5) is 5.83. The van der Waals surface area contributed by atoms with Crippen molar-refractivity contribution in [2.45, 2.75) is 46.0 Å². The Morgan fingerprint density at radius 1 is 1.29 bits per heavy atom. The van der Waals surface area contributed by atoms with E-state index >= 15 is 0 Å². The molecule has 0 amide bonds. The molecule has 2 heterocycles. The van der Waals surface area contributed by atoms with Gasteiger partial charge in [0.1, 0.15) is 5.69 Å². The molecule has 0 aliphatic heterocycles. The van der Waals surface area contributed by atoms with Crippen LogP contribution in [0.4, 0.5) is 5.69 Å². The van der Waals surface area contributed by atoms with Gasteiger partial charge in [-0.05, 0) is 49.3 Å². The van der Waals surface area contributed by atoms with Gasteiger partial charge in [-0.1, -0.05) is 26.3 Å². The highest BCUT2D eigenvalue weighted by Gasteiger charge is 2.29. The molecule has 0 saturated carbocycles. The largest absolute Gasteiger partial charge is 0.383 e. The van der Waals surface area contributed by atoms with Gasteiger partial charge in [-0.3, -0.25) is 5.10 Å². The summed E-state index contributed by atoms with van der Waals surface area (Å²) in [7, 11) is 3.84. The molecule has 1 aliphatic rings. The van der Waals surface area contributed by atoms with Crippen LogP contribution in [0.2, 0.25) is 0 Å². The van der Waals surface area contributed by atoms with Gasteiger partial charge in [0.2, 0.25) is 0 Å². The standard InChI is InChI=1S/C23H32N4O/c1-5-23(2)10-6-7-18-21(15-23)25-26-22(18)20-13-16-8-9-17(14-19(16)24-20)27(3)11-12-28-4/h8-9,13-14,24H,5-7,10-12,15H2,1-4H3,(H,25,26). The molecule has 2 N–H and O–H groups in total. The number of H-pyrrole nitrogens is 2. The van der Waals surface area contributed by atoms with Gasteiger partial charge >= 0.3 is 0 Å². The van der Waals surface area contributed by atoms with Crippen molar-refractivity contribution in [2.75, 3.05) is 32.2 Å². The summed E-state index contributed by atoms with van der Waals surface area (Å²) in [6.07, 6.45) is 5.94. The van der Waals surface area contributed by atoms with Crippen molar-refractivity contribution in [3.63, 3.8) is 0 Å². The van der Waals surface area contributed by atoms with Gasteiger partial charge in [-0.2, -0.15) is 5.10 Å². The van der Waals surface area contributed by atoms with E-state index in [-0.39, 0.29) is 0 Å². The maximum atomic E-state index is 5.20. The molecular formula is C23H32N4O. The molecule has 150 valence electrons. The zero-order valence-electron chi connectivity index (χ0n) is 17.6. The first-order chi connectivity index (χ1) is 13.5. The number of nitrogens with zero attached hydrogens (tertiary/aromatic N) is 2. The zero-order chi connectivity index (χ0) is 19.7. The van der Waals surface area contributed by atoms with Crippen LogP contribution in [0.1, 0.15) is 44.4 Å². The molecule has 2 aromatic heterocycles. The van der Waals surface area contributed by atoms with Crippen molar-refractivity contribution in [1.29, 1.82) is 0 Å². The second kappa shape index (κ2) is 7.63. The van der Waals surface area contributed by atoms with Gasteiger partial charge < -0.3 is 14.6 Å². The molecule has 1 aromatic carbocycles. The van der Waals surface area contributed by atoms with E-state index in [2.05, 4.69) is 60.1 Å². The van der Waals surface area contributed by atoms with Crippen molar-refractivity contribution in [3.05, 3.63) is 35.5 Å². The second-order valence-corrected chi connectivity index (χ2v) is 8.59. The van der Waals surface area contributed by atoms with Crippen LogP contribution in [-0.2, 0) is 17.6 Å². The van der Waals surface area contributed by atoms with Crippen LogP contribution >= 0.6 is 0 Å². The van der Waals surface area contributed by atoms with E-state index in [0.717, 1.165) is 42.9 Å². The Hall–Kier alpha value is -2.27. The van der Waals surface area contributed by atoms with Gasteiger partial charge in [0.05, 0.1) is 12.3 Å². The van der Waals surface area contributed by atoms with E-state index in [1.165, 1.54) is 41.6 Å². The van der Waals surface area contributed by atoms with Crippen LogP contribution in [0.3, 0.4) is 0 Å². The summed E-state index contributed by atoms with van der Waals surface area (Å²) < 4.78 is 5.20. The Balaban J connectivity index is 1.65. The molecule has 0 radical (unpaired) electrons. The summed E-state index contributed by atoms with van der Waals surface area (Å²) in [5, 5.41) is 9.30. The number of aromatic nitrogens is 3. The zero-order valence-corrected chi connectivity index (χ0v) is 17.6. The summed E-state index contributed by atoms with van der Waals surface area (Å²) in [5.74, 6) is 0. The number of fused-ring (bicyclic) bond motifs is 2. The van der Waals surface area contributed by atoms with Crippen molar-refractivity contribution in [2.24, 2.45) is 5.41 Å². The molecule has 0 saturated heterocycles. The van der Waals surface area contributed by atoms with Crippen LogP contribution in [-0.4, -0.2) is 42.5 Å². The maximum absolute atomic E-state index is 5.20. The Morgan fingerprint density at radius 2 is 2.14 bits per heavy atom. The predicted octanol–water partition coefficient (Wildman–Crippen LogP) is 4.94. The van der Waals surface area contributed by atoms with E-state index in [9.17, 15) is 0 Å². The Kier molecular flexibility index (Phi) is 5.19. The fourth-order valence-electron chi connectivity index (χ4n) is 4.39. The lowest BCUT2D eigenvalue weighted by atomic mass is 9.80. The Morgan fingerprint density at radius 3 is 2.93 bits per heavy atom. The number of rotatable bonds is 6. The number of ether oxygens (including phenoxy) is 1. The lowest BCUT2D eigenvalue weighted by Gasteiger charge is -2.25. The topological polar surface area (TPSA) is 56.9 Å². The number of nitrogens with one attached hydrogen (secondary N) is 2. The first-order valence-electron chi connectivity index (χ1n) is 10.4. The van der Waals surface area contributed by atoms with Gasteiger partial charge in [0.25, 0.3) is 0 Å². The molecule has 5 nitrogen and oxygen atoms in total. The fourth-order valence-corrected chi connectivity index (χ4v) is 4.39. The molecule has 1 aliphatic carbocycles. The SMILES string of the molecule is CCC1(C)CCCc2c(-c3cc4ccc(N(C)CCOC)cc4[nH]3)n[nH]c2C1. The van der Waals surface area contributed by atoms with Crippen LogP contribution < -0.4 is 4.90 Å². The van der Waals surface area contributed by atoms with E-state index in [4.69, 9.17) is 9.84 Å². The minimum Gasteiger partial charge on any atom is -0.383 e. The summed E-state index contributed by atoms with van der Waals surface area (Å²) in [6.45, 7) is 6.31. The van der Waals surface area contributed by atoms with Gasteiger partial charge in [-0.25, -0.2) is 0 Å². The first kappa shape index (κ1) is 19.1. The summed E-state index contributed by atoms with van der Waals surface area (Å²) in [5.41, 5.74) is 7.68. The lowest BCUT2D eigenvalue weighted by Crippen LogP contribution is -2.21. The smallest absolute Gasteiger partial charge is 0.112 e. The van der Waals surface area contributed by atoms with Crippen molar-refractivity contribution in [3.8, 4) is 11.4 Å². The van der Waals surface area contributed by atoms with Gasteiger partial charge in [0, 0.05) is 48.5 Å². The van der Waals surface area contributed by atoms with Crippen LogP contribution in [0.5, 0.6) is 0 Å². The number of likely N-dealkylation sites (N-methyl/N-ethyl adjacent to an activating group) is 1. The third-order valence-electron chi connectivity index (χ3n) is 6.55. The minimum atomic E-state index is 0.386. The molecule has 1 unspecified atom stereocenters. The van der Waals surface area contributed by atoms with Crippen molar-refractivity contribution < 1.29 is 4.74 Å². The van der Waals surface area contributed by atoms with E-state index in [0.29, 0.717) is 5.41 Å². The Bertz CT molecular complexity index is 957. The average Bonchev–Trinajstić information content (AvgIpc) is 3.25. The molecule has 0 spiro atoms. The number of benzene rings is 1. The highest BCUT2D eigenvalue weighted by atomic mass is 16.5. The second-order valence-electron chi connectivity index (χ2n) is 8.59. The van der Waals surface area contributed by atoms with Crippen LogP contribution in [0, 0.1) is 5.41 Å². The minimum absolute atomic E-state index is 0.386. The summed E-state index contributed by atoms with van der Waals surface area (Å²) in [6, 6.07) is 8.81. The van der Waals surface area contributed by atoms with E-state index in [1.54, 1.807) is 7.11 Å². The molecule has 0 bridgehead atoms. The van der Waals surface area contributed by atoms with Crippen LogP contribution in [0.25, 0.3) is 22.3 Å². The molecule has 5 heteroatoms. The third-order valence-corrected chi connectivity index (χ3v) is 6.55. The lowest BCUT2D eigenvalue weighted by molar-refractivity contribution is 0.206. The number of aromatic amines is 2. The average molecular weight is 381 g/mol. The highest BCUT2D eigenvalue weighted by molar-refractivity contribution is 5.88. The van der Waals surface area contributed by atoms with E-state index < -0.39 is 0 Å². The molecular weight excluding hydrogens is 348 g/mol. The quantitative estimate of drug-likeness (QED) is 0.596. The Labute approximate surface area is 167 Å². The number of hydrogen-bond donors (Lipinski definition) is 2. The first-order valence-corrected chi connectivity index (χ1v) is 10.4. The van der Waals surface area contributed by atoms with Crippen molar-refractivity contribution in [1.82, 2.24) is 15.2 Å². The van der Waals surface area contributed by atoms with Crippen molar-refractivity contribution >= 4 is 16.6 Å². The number of anilines is 1. The number of hydrogen-bond acceptors (Lipinski definition) is 3. The van der Waals surface area contributed by atoms with Gasteiger partial charge in [0.15, 0.2) is 0 Å². The van der Waals surface area contributed by atoms with Crippen LogP contribution in [0.15, 0.2) is 24.3 Å². The maximum Gasteiger partial charge on any atom is 0.112 e. The normalized spacial score (nSPS) is 19.6. The highest BCUT2D eigenvalue weighted by Crippen LogP contribution is 2.39. The molecule has 3 aromatic rings. The molecule has 4 rings (SSSR count). The molecule has 0 fully saturated rings. The summed E-state index contributed by atoms with van der Waals surface area (Å²) >= 11 is 0. The third kappa shape index (κ3) is 3.55. The molecule has 28 heavy (non-hydrogen) atoms. The fraction of sp³-hybridized carbons (Fsp3) is 0.522. The van der Waals surface area contributed by atoms with E-state index in [1.807, 2.05) is 0 Å². The number of methoxy groups -OCH3 is 1.